The molecule has 0 fully saturated rings. The average Bonchev–Trinajstić information content (AvgIpc) is 2.33. The zero-order valence-corrected chi connectivity index (χ0v) is 11.7. The van der Waals surface area contributed by atoms with Gasteiger partial charge in [0.2, 0.25) is 0 Å². The second kappa shape index (κ2) is 5.40. The maximum Gasteiger partial charge on any atom is 0.255 e. The van der Waals surface area contributed by atoms with Crippen molar-refractivity contribution in [1.29, 1.82) is 0 Å². The molecule has 2 N–H and O–H groups in total. The van der Waals surface area contributed by atoms with Crippen LogP contribution in [0.5, 0.6) is 5.75 Å². The van der Waals surface area contributed by atoms with Gasteiger partial charge in [0.15, 0.2) is 11.6 Å². The molecule has 0 unspecified atom stereocenters. The lowest BCUT2D eigenvalue weighted by molar-refractivity contribution is 0.102. The first kappa shape index (κ1) is 13.5. The van der Waals surface area contributed by atoms with Crippen molar-refractivity contribution >= 4 is 27.5 Å². The SMILES string of the molecule is Cc1cc(Br)ccc1C(=O)Nc1ccc(O)c(F)c1. The molecule has 19 heavy (non-hydrogen) atoms. The van der Waals surface area contributed by atoms with Crippen molar-refractivity contribution in [2.75, 3.05) is 5.32 Å². The Labute approximate surface area is 118 Å². The fourth-order valence-electron chi connectivity index (χ4n) is 1.66. The molecule has 2 aromatic rings. The largest absolute Gasteiger partial charge is 0.505 e. The standard InChI is InChI=1S/C14H11BrFNO2/c1-8-6-9(15)2-4-11(8)14(19)17-10-3-5-13(18)12(16)7-10/h2-7,18H,1H3,(H,17,19). The number of nitrogens with one attached hydrogen (secondary N) is 1. The Hall–Kier alpha value is -1.88. The number of anilines is 1. The van der Waals surface area contributed by atoms with Gasteiger partial charge in [-0.3, -0.25) is 4.79 Å². The zero-order chi connectivity index (χ0) is 14.0. The molecule has 0 heterocycles. The van der Waals surface area contributed by atoms with E-state index in [1.807, 2.05) is 13.0 Å². The van der Waals surface area contributed by atoms with Crippen LogP contribution in [-0.2, 0) is 0 Å². The smallest absolute Gasteiger partial charge is 0.255 e. The summed E-state index contributed by atoms with van der Waals surface area (Å²) in [7, 11) is 0. The number of hydrogen-bond donors (Lipinski definition) is 2. The number of aryl methyl sites for hydroxylation is 1. The summed E-state index contributed by atoms with van der Waals surface area (Å²) in [6.07, 6.45) is 0. The molecule has 0 aromatic heterocycles. The lowest BCUT2D eigenvalue weighted by Gasteiger charge is -2.08. The Morgan fingerprint density at radius 3 is 2.63 bits per heavy atom. The molecule has 98 valence electrons. The number of halogens is 2. The van der Waals surface area contributed by atoms with Crippen LogP contribution in [0.15, 0.2) is 40.9 Å². The molecule has 0 bridgehead atoms. The topological polar surface area (TPSA) is 49.3 Å². The van der Waals surface area contributed by atoms with E-state index in [2.05, 4.69) is 21.2 Å². The number of rotatable bonds is 2. The maximum absolute atomic E-state index is 13.2. The molecule has 1 amide bonds. The molecule has 5 heteroatoms. The predicted octanol–water partition coefficient (Wildman–Crippen LogP) is 3.85. The van der Waals surface area contributed by atoms with Crippen LogP contribution in [0.3, 0.4) is 0 Å². The molecule has 0 aliphatic carbocycles. The number of benzene rings is 2. The third kappa shape index (κ3) is 3.12. The van der Waals surface area contributed by atoms with Crippen LogP contribution in [0.2, 0.25) is 0 Å². The Morgan fingerprint density at radius 2 is 2.00 bits per heavy atom. The summed E-state index contributed by atoms with van der Waals surface area (Å²) in [6, 6.07) is 8.97. The van der Waals surface area contributed by atoms with Crippen molar-refractivity contribution in [2.45, 2.75) is 6.92 Å². The van der Waals surface area contributed by atoms with Gasteiger partial charge in [-0.1, -0.05) is 15.9 Å². The molecule has 3 nitrogen and oxygen atoms in total. The highest BCUT2D eigenvalue weighted by atomic mass is 79.9. The third-order valence-electron chi connectivity index (χ3n) is 2.64. The quantitative estimate of drug-likeness (QED) is 0.824. The fourth-order valence-corrected chi connectivity index (χ4v) is 2.14. The van der Waals surface area contributed by atoms with Crippen LogP contribution < -0.4 is 5.32 Å². The molecule has 0 spiro atoms. The van der Waals surface area contributed by atoms with Crippen molar-refractivity contribution in [2.24, 2.45) is 0 Å². The first-order chi connectivity index (χ1) is 8.97. The van der Waals surface area contributed by atoms with Crippen LogP contribution in [-0.4, -0.2) is 11.0 Å². The summed E-state index contributed by atoms with van der Waals surface area (Å²) in [5.41, 5.74) is 1.62. The second-order valence-corrected chi connectivity index (χ2v) is 5.00. The van der Waals surface area contributed by atoms with Gasteiger partial charge in [-0.2, -0.15) is 0 Å². The molecule has 0 aliphatic heterocycles. The number of carbonyl (C=O) groups excluding carboxylic acids is 1. The van der Waals surface area contributed by atoms with E-state index in [0.29, 0.717) is 11.3 Å². The van der Waals surface area contributed by atoms with E-state index in [0.717, 1.165) is 16.1 Å². The normalized spacial score (nSPS) is 10.3. The lowest BCUT2D eigenvalue weighted by Crippen LogP contribution is -2.13. The monoisotopic (exact) mass is 323 g/mol. The minimum absolute atomic E-state index is 0.294. The predicted molar refractivity (Wildman–Crippen MR) is 74.9 cm³/mol. The van der Waals surface area contributed by atoms with Crippen molar-refractivity contribution in [3.63, 3.8) is 0 Å². The molecule has 0 atom stereocenters. The Bertz CT molecular complexity index is 643. The van der Waals surface area contributed by atoms with Crippen LogP contribution >= 0.6 is 15.9 Å². The van der Waals surface area contributed by atoms with Gasteiger partial charge in [-0.15, -0.1) is 0 Å². The number of hydrogen-bond acceptors (Lipinski definition) is 2. The summed E-state index contributed by atoms with van der Waals surface area (Å²) in [4.78, 5) is 12.0. The Kier molecular flexibility index (Phi) is 3.85. The van der Waals surface area contributed by atoms with Gasteiger partial charge >= 0.3 is 0 Å². The van der Waals surface area contributed by atoms with Gasteiger partial charge in [0.1, 0.15) is 0 Å². The van der Waals surface area contributed by atoms with Crippen molar-refractivity contribution in [3.05, 3.63) is 57.8 Å². The van der Waals surface area contributed by atoms with E-state index in [-0.39, 0.29) is 5.91 Å². The average molecular weight is 324 g/mol. The van der Waals surface area contributed by atoms with Gasteiger partial charge in [-0.25, -0.2) is 4.39 Å². The first-order valence-corrected chi connectivity index (χ1v) is 6.32. The van der Waals surface area contributed by atoms with E-state index in [9.17, 15) is 9.18 Å². The molecular weight excluding hydrogens is 313 g/mol. The molecule has 0 saturated heterocycles. The van der Waals surface area contributed by atoms with Crippen LogP contribution in [0.25, 0.3) is 0 Å². The summed E-state index contributed by atoms with van der Waals surface area (Å²) in [5.74, 6) is -1.54. The number of aromatic hydroxyl groups is 1. The van der Waals surface area contributed by atoms with Gasteiger partial charge in [0.25, 0.3) is 5.91 Å². The number of phenolic OH excluding ortho intramolecular Hbond substituents is 1. The van der Waals surface area contributed by atoms with E-state index < -0.39 is 11.6 Å². The van der Waals surface area contributed by atoms with Crippen LogP contribution in [0.4, 0.5) is 10.1 Å². The number of carbonyl (C=O) groups is 1. The lowest BCUT2D eigenvalue weighted by atomic mass is 10.1. The molecule has 2 rings (SSSR count). The number of amides is 1. The molecule has 0 aliphatic rings. The van der Waals surface area contributed by atoms with E-state index >= 15 is 0 Å². The summed E-state index contributed by atoms with van der Waals surface area (Å²) < 4.78 is 14.0. The van der Waals surface area contributed by atoms with E-state index in [1.54, 1.807) is 12.1 Å². The summed E-state index contributed by atoms with van der Waals surface area (Å²) in [5, 5.41) is 11.7. The number of phenols is 1. The highest BCUT2D eigenvalue weighted by Gasteiger charge is 2.10. The fraction of sp³-hybridized carbons (Fsp3) is 0.0714. The Morgan fingerprint density at radius 1 is 1.26 bits per heavy atom. The minimum atomic E-state index is -0.773. The van der Waals surface area contributed by atoms with Crippen molar-refractivity contribution in [3.8, 4) is 5.75 Å². The van der Waals surface area contributed by atoms with Gasteiger partial charge < -0.3 is 10.4 Å². The van der Waals surface area contributed by atoms with Crippen LogP contribution in [0.1, 0.15) is 15.9 Å². The molecule has 0 saturated carbocycles. The summed E-state index contributed by atoms with van der Waals surface area (Å²) >= 11 is 3.32. The highest BCUT2D eigenvalue weighted by molar-refractivity contribution is 9.10. The summed E-state index contributed by atoms with van der Waals surface area (Å²) in [6.45, 7) is 1.82. The van der Waals surface area contributed by atoms with Gasteiger partial charge in [0, 0.05) is 21.8 Å². The maximum atomic E-state index is 13.2. The van der Waals surface area contributed by atoms with Gasteiger partial charge in [0.05, 0.1) is 0 Å². The molecule has 0 radical (unpaired) electrons. The van der Waals surface area contributed by atoms with Gasteiger partial charge in [-0.05, 0) is 42.8 Å². The highest BCUT2D eigenvalue weighted by Crippen LogP contribution is 2.21. The third-order valence-corrected chi connectivity index (χ3v) is 3.13. The van der Waals surface area contributed by atoms with Crippen molar-refractivity contribution < 1.29 is 14.3 Å². The first-order valence-electron chi connectivity index (χ1n) is 5.53. The minimum Gasteiger partial charge on any atom is -0.505 e. The van der Waals surface area contributed by atoms with E-state index in [1.165, 1.54) is 12.1 Å². The van der Waals surface area contributed by atoms with Crippen LogP contribution in [0, 0.1) is 12.7 Å². The molecular formula is C14H11BrFNO2. The Balaban J connectivity index is 2.23. The molecule has 2 aromatic carbocycles. The van der Waals surface area contributed by atoms with Crippen molar-refractivity contribution in [1.82, 2.24) is 0 Å². The zero-order valence-electron chi connectivity index (χ0n) is 10.1. The second-order valence-electron chi connectivity index (χ2n) is 4.08. The van der Waals surface area contributed by atoms with E-state index in [4.69, 9.17) is 5.11 Å².